The van der Waals surface area contributed by atoms with Crippen molar-refractivity contribution in [2.45, 2.75) is 6.92 Å². The van der Waals surface area contributed by atoms with E-state index < -0.39 is 0 Å². The van der Waals surface area contributed by atoms with Gasteiger partial charge in [-0.2, -0.15) is 0 Å². The second-order valence-corrected chi connectivity index (χ2v) is 4.05. The first-order valence-corrected chi connectivity index (χ1v) is 5.66. The minimum absolute atomic E-state index is 0.922. The van der Waals surface area contributed by atoms with E-state index in [1.54, 1.807) is 7.11 Å². The van der Waals surface area contributed by atoms with Gasteiger partial charge in [0, 0.05) is 24.5 Å². The molecule has 0 N–H and O–H groups in total. The number of hydrogen-bond donors (Lipinski definition) is 0. The van der Waals surface area contributed by atoms with Gasteiger partial charge in [0.1, 0.15) is 5.75 Å². The van der Waals surface area contributed by atoms with E-state index in [0.29, 0.717) is 0 Å². The summed E-state index contributed by atoms with van der Waals surface area (Å²) in [6.45, 7) is 2.05. The minimum atomic E-state index is 0.922. The molecule has 2 nitrogen and oxygen atoms in total. The van der Waals surface area contributed by atoms with Gasteiger partial charge in [0.25, 0.3) is 0 Å². The highest BCUT2D eigenvalue weighted by atomic mass is 16.5. The summed E-state index contributed by atoms with van der Waals surface area (Å²) in [6, 6.07) is 16.5. The van der Waals surface area contributed by atoms with Crippen molar-refractivity contribution in [1.29, 1.82) is 0 Å². The van der Waals surface area contributed by atoms with Gasteiger partial charge in [-0.05, 0) is 30.7 Å². The number of nitrogens with zero attached hydrogens (tertiary/aromatic N) is 1. The number of benzene rings is 2. The van der Waals surface area contributed by atoms with E-state index in [1.165, 1.54) is 5.69 Å². The van der Waals surface area contributed by atoms with Crippen LogP contribution in [0.5, 0.6) is 5.75 Å². The molecule has 0 heterocycles. The summed E-state index contributed by atoms with van der Waals surface area (Å²) in [7, 11) is 3.76. The fourth-order valence-corrected chi connectivity index (χ4v) is 1.82. The van der Waals surface area contributed by atoms with Crippen LogP contribution in [0.15, 0.2) is 48.5 Å². The molecule has 0 aromatic heterocycles. The van der Waals surface area contributed by atoms with E-state index in [2.05, 4.69) is 42.3 Å². The molecule has 0 spiro atoms. The molecule has 0 fully saturated rings. The first-order chi connectivity index (χ1) is 8.22. The maximum Gasteiger partial charge on any atom is 0.123 e. The Balaban J connectivity index is 2.34. The van der Waals surface area contributed by atoms with E-state index in [4.69, 9.17) is 4.74 Å². The molecule has 0 aliphatic rings. The second-order valence-electron chi connectivity index (χ2n) is 4.05. The molecule has 0 amide bonds. The highest BCUT2D eigenvalue weighted by Gasteiger charge is 2.06. The van der Waals surface area contributed by atoms with Crippen LogP contribution in [0.1, 0.15) is 5.56 Å². The van der Waals surface area contributed by atoms with Crippen LogP contribution in [0.3, 0.4) is 0 Å². The van der Waals surface area contributed by atoms with Gasteiger partial charge in [-0.3, -0.25) is 0 Å². The lowest BCUT2D eigenvalue weighted by Gasteiger charge is -2.20. The van der Waals surface area contributed by atoms with Crippen molar-refractivity contribution >= 4 is 11.4 Å². The van der Waals surface area contributed by atoms with E-state index in [-0.39, 0.29) is 0 Å². The lowest BCUT2D eigenvalue weighted by molar-refractivity contribution is 0.412. The fourth-order valence-electron chi connectivity index (χ4n) is 1.82. The molecular weight excluding hydrogens is 210 g/mol. The van der Waals surface area contributed by atoms with Gasteiger partial charge >= 0.3 is 0 Å². The van der Waals surface area contributed by atoms with Crippen LogP contribution in [-0.4, -0.2) is 14.2 Å². The molecule has 2 aromatic carbocycles. The second kappa shape index (κ2) is 4.91. The minimum Gasteiger partial charge on any atom is -0.496 e. The predicted molar refractivity (Wildman–Crippen MR) is 72.2 cm³/mol. The Kier molecular flexibility index (Phi) is 3.33. The fraction of sp³-hybridized carbons (Fsp3) is 0.200. The molecule has 0 saturated carbocycles. The topological polar surface area (TPSA) is 12.5 Å². The number of methoxy groups -OCH3 is 1. The third kappa shape index (κ3) is 2.41. The quantitative estimate of drug-likeness (QED) is 0.791. The maximum absolute atomic E-state index is 5.34. The summed E-state index contributed by atoms with van der Waals surface area (Å²) in [5, 5.41) is 0. The zero-order valence-electron chi connectivity index (χ0n) is 10.5. The third-order valence-electron chi connectivity index (χ3n) is 2.92. The molecule has 17 heavy (non-hydrogen) atoms. The van der Waals surface area contributed by atoms with Gasteiger partial charge < -0.3 is 9.64 Å². The number of aryl methyl sites for hydroxylation is 1. The Hall–Kier alpha value is -1.96. The van der Waals surface area contributed by atoms with Crippen LogP contribution in [0.2, 0.25) is 0 Å². The zero-order chi connectivity index (χ0) is 12.3. The molecule has 0 radical (unpaired) electrons. The summed E-state index contributed by atoms with van der Waals surface area (Å²) >= 11 is 0. The van der Waals surface area contributed by atoms with Crippen LogP contribution < -0.4 is 9.64 Å². The molecule has 0 unspecified atom stereocenters. The Morgan fingerprint density at radius 1 is 0.941 bits per heavy atom. The Morgan fingerprint density at radius 2 is 1.65 bits per heavy atom. The van der Waals surface area contributed by atoms with Crippen LogP contribution in [0.4, 0.5) is 11.4 Å². The van der Waals surface area contributed by atoms with Crippen molar-refractivity contribution in [3.05, 3.63) is 54.1 Å². The van der Waals surface area contributed by atoms with Crippen molar-refractivity contribution in [1.82, 2.24) is 0 Å². The first-order valence-electron chi connectivity index (χ1n) is 5.66. The third-order valence-corrected chi connectivity index (χ3v) is 2.92. The van der Waals surface area contributed by atoms with E-state index in [1.807, 2.05) is 25.1 Å². The number of rotatable bonds is 3. The molecule has 2 rings (SSSR count). The van der Waals surface area contributed by atoms with Crippen molar-refractivity contribution in [2.24, 2.45) is 0 Å². The monoisotopic (exact) mass is 227 g/mol. The van der Waals surface area contributed by atoms with Gasteiger partial charge in [0.2, 0.25) is 0 Å². The summed E-state index contributed by atoms with van der Waals surface area (Å²) in [5.41, 5.74) is 3.44. The summed E-state index contributed by atoms with van der Waals surface area (Å²) in [4.78, 5) is 2.14. The highest BCUT2D eigenvalue weighted by molar-refractivity contribution is 5.64. The average molecular weight is 227 g/mol. The molecular formula is C15H17NO. The molecule has 0 aliphatic heterocycles. The number of anilines is 2. The first kappa shape index (κ1) is 11.5. The van der Waals surface area contributed by atoms with Crippen molar-refractivity contribution in [2.75, 3.05) is 19.1 Å². The highest BCUT2D eigenvalue weighted by Crippen LogP contribution is 2.28. The predicted octanol–water partition coefficient (Wildman–Crippen LogP) is 3.77. The normalized spacial score (nSPS) is 10.1. The van der Waals surface area contributed by atoms with Crippen molar-refractivity contribution < 1.29 is 4.74 Å². The van der Waals surface area contributed by atoms with Gasteiger partial charge in [-0.1, -0.05) is 24.3 Å². The largest absolute Gasteiger partial charge is 0.496 e. The van der Waals surface area contributed by atoms with Crippen LogP contribution in [0.25, 0.3) is 0 Å². The van der Waals surface area contributed by atoms with Gasteiger partial charge in [0.15, 0.2) is 0 Å². The Bertz CT molecular complexity index is 494. The molecule has 2 aromatic rings. The van der Waals surface area contributed by atoms with Crippen LogP contribution in [0, 0.1) is 6.92 Å². The molecule has 0 atom stereocenters. The summed E-state index contributed by atoms with van der Waals surface area (Å²) in [6.07, 6.45) is 0. The van der Waals surface area contributed by atoms with Crippen molar-refractivity contribution in [3.8, 4) is 5.75 Å². The lowest BCUT2D eigenvalue weighted by Crippen LogP contribution is -2.09. The Morgan fingerprint density at radius 3 is 2.29 bits per heavy atom. The molecule has 88 valence electrons. The summed E-state index contributed by atoms with van der Waals surface area (Å²) in [5.74, 6) is 0.922. The number of hydrogen-bond acceptors (Lipinski definition) is 2. The molecule has 0 bridgehead atoms. The molecule has 0 saturated heterocycles. The average Bonchev–Trinajstić information content (AvgIpc) is 2.39. The van der Waals surface area contributed by atoms with E-state index in [9.17, 15) is 0 Å². The summed E-state index contributed by atoms with van der Waals surface area (Å²) < 4.78 is 5.34. The van der Waals surface area contributed by atoms with Crippen LogP contribution in [-0.2, 0) is 0 Å². The standard InChI is InChI=1S/C15H17NO/c1-12-9-10-14(11-15(12)17-3)16(2)13-7-5-4-6-8-13/h4-11H,1-3H3. The van der Waals surface area contributed by atoms with Gasteiger partial charge in [-0.15, -0.1) is 0 Å². The van der Waals surface area contributed by atoms with Gasteiger partial charge in [-0.25, -0.2) is 0 Å². The number of ether oxygens (including phenoxy) is 1. The molecule has 0 aliphatic carbocycles. The maximum atomic E-state index is 5.34. The van der Waals surface area contributed by atoms with E-state index in [0.717, 1.165) is 17.0 Å². The number of para-hydroxylation sites is 1. The van der Waals surface area contributed by atoms with Gasteiger partial charge in [0.05, 0.1) is 7.11 Å². The smallest absolute Gasteiger partial charge is 0.123 e. The van der Waals surface area contributed by atoms with Crippen LogP contribution >= 0.6 is 0 Å². The van der Waals surface area contributed by atoms with Crippen molar-refractivity contribution in [3.63, 3.8) is 0 Å². The zero-order valence-corrected chi connectivity index (χ0v) is 10.5. The molecule has 2 heteroatoms. The Labute approximate surface area is 102 Å². The lowest BCUT2D eigenvalue weighted by atomic mass is 10.2. The van der Waals surface area contributed by atoms with E-state index >= 15 is 0 Å². The SMILES string of the molecule is COc1cc(N(C)c2ccccc2)ccc1C.